The molecule has 128 valence electrons. The maximum absolute atomic E-state index is 12.4. The van der Waals surface area contributed by atoms with Crippen molar-refractivity contribution in [2.45, 2.75) is 19.5 Å². The van der Waals surface area contributed by atoms with Crippen LogP contribution in [0.1, 0.15) is 18.9 Å². The molecule has 0 aliphatic heterocycles. The lowest BCUT2D eigenvalue weighted by Gasteiger charge is -2.14. The zero-order valence-corrected chi connectivity index (χ0v) is 12.9. The summed E-state index contributed by atoms with van der Waals surface area (Å²) in [5.74, 6) is -0.133. The summed E-state index contributed by atoms with van der Waals surface area (Å²) in [5, 5.41) is 5.50. The van der Waals surface area contributed by atoms with Crippen LogP contribution in [0.3, 0.4) is 0 Å². The normalized spacial score (nSPS) is 11.0. The van der Waals surface area contributed by atoms with Gasteiger partial charge in [0.25, 0.3) is 0 Å². The Balaban J connectivity index is 2.22. The van der Waals surface area contributed by atoms with Gasteiger partial charge in [0.1, 0.15) is 5.82 Å². The average molecular weight is 332 g/mol. The van der Waals surface area contributed by atoms with Crippen molar-refractivity contribution in [2.24, 2.45) is 0 Å². The van der Waals surface area contributed by atoms with Gasteiger partial charge in [-0.05, 0) is 18.6 Å². The molecule has 1 aromatic rings. The second-order valence-corrected chi connectivity index (χ2v) is 4.94. The molecule has 0 aromatic carbocycles. The zero-order chi connectivity index (χ0) is 17.5. The van der Waals surface area contributed by atoms with Crippen LogP contribution in [-0.4, -0.2) is 48.4 Å². The molecule has 0 saturated heterocycles. The molecule has 0 spiro atoms. The van der Waals surface area contributed by atoms with E-state index in [1.165, 1.54) is 24.9 Å². The van der Waals surface area contributed by atoms with Crippen molar-refractivity contribution in [3.05, 3.63) is 23.9 Å². The topological polar surface area (TPSA) is 74.3 Å². The summed E-state index contributed by atoms with van der Waals surface area (Å²) in [7, 11) is 1.53. The molecule has 1 heterocycles. The standard InChI is InChI=1S/C14H19F3N4O2/c1-10(22)21(2)9-13(23)19-7-3-6-18-12-5-4-11(8-20-12)14(15,16)17/h4-5,8H,3,6-7,9H2,1-2H3,(H,18,20)(H,19,23). The third-order valence-electron chi connectivity index (χ3n) is 2.99. The molecule has 23 heavy (non-hydrogen) atoms. The summed E-state index contributed by atoms with van der Waals surface area (Å²) < 4.78 is 37.1. The average Bonchev–Trinajstić information content (AvgIpc) is 2.46. The van der Waals surface area contributed by atoms with Crippen molar-refractivity contribution in [2.75, 3.05) is 32.0 Å². The van der Waals surface area contributed by atoms with Crippen molar-refractivity contribution in [3.8, 4) is 0 Å². The number of likely N-dealkylation sites (N-methyl/N-ethyl adjacent to an activating group) is 1. The minimum atomic E-state index is -4.40. The van der Waals surface area contributed by atoms with E-state index in [4.69, 9.17) is 0 Å². The number of pyridine rings is 1. The van der Waals surface area contributed by atoms with Crippen molar-refractivity contribution < 1.29 is 22.8 Å². The number of alkyl halides is 3. The second kappa shape index (κ2) is 8.35. The van der Waals surface area contributed by atoms with Crippen molar-refractivity contribution >= 4 is 17.6 Å². The van der Waals surface area contributed by atoms with Gasteiger partial charge < -0.3 is 15.5 Å². The lowest BCUT2D eigenvalue weighted by molar-refractivity contribution is -0.137. The van der Waals surface area contributed by atoms with Gasteiger partial charge in [0.05, 0.1) is 12.1 Å². The molecule has 0 bridgehead atoms. The predicted octanol–water partition coefficient (Wildman–Crippen LogP) is 1.50. The van der Waals surface area contributed by atoms with Crippen molar-refractivity contribution in [1.82, 2.24) is 15.2 Å². The van der Waals surface area contributed by atoms with Crippen LogP contribution in [0.2, 0.25) is 0 Å². The molecule has 1 aromatic heterocycles. The number of hydrogen-bond acceptors (Lipinski definition) is 4. The number of carbonyl (C=O) groups is 2. The molecule has 0 fully saturated rings. The molecular weight excluding hydrogens is 313 g/mol. The van der Waals surface area contributed by atoms with Crippen LogP contribution in [0.25, 0.3) is 0 Å². The second-order valence-electron chi connectivity index (χ2n) is 4.94. The number of rotatable bonds is 7. The van der Waals surface area contributed by atoms with E-state index in [0.29, 0.717) is 25.3 Å². The van der Waals surface area contributed by atoms with Crippen molar-refractivity contribution in [1.29, 1.82) is 0 Å². The summed E-state index contributed by atoms with van der Waals surface area (Å²) in [4.78, 5) is 27.4. The Morgan fingerprint density at radius 1 is 1.26 bits per heavy atom. The molecule has 2 amide bonds. The van der Waals surface area contributed by atoms with Crippen LogP contribution in [0.5, 0.6) is 0 Å². The molecule has 0 aliphatic rings. The smallest absolute Gasteiger partial charge is 0.370 e. The molecule has 1 rings (SSSR count). The summed E-state index contributed by atoms with van der Waals surface area (Å²) in [6.07, 6.45) is -3.07. The van der Waals surface area contributed by atoms with E-state index in [1.807, 2.05) is 0 Å². The minimum absolute atomic E-state index is 0.0107. The quantitative estimate of drug-likeness (QED) is 0.742. The molecule has 2 N–H and O–H groups in total. The molecular formula is C14H19F3N4O2. The molecule has 0 atom stereocenters. The van der Waals surface area contributed by atoms with Crippen LogP contribution in [0, 0.1) is 0 Å². The first-order valence-electron chi connectivity index (χ1n) is 6.95. The maximum Gasteiger partial charge on any atom is 0.417 e. The number of carbonyl (C=O) groups excluding carboxylic acids is 2. The first kappa shape index (κ1) is 18.7. The van der Waals surface area contributed by atoms with Gasteiger partial charge in [0.15, 0.2) is 0 Å². The Morgan fingerprint density at radius 3 is 2.48 bits per heavy atom. The first-order chi connectivity index (χ1) is 10.7. The van der Waals surface area contributed by atoms with Gasteiger partial charge in [0.2, 0.25) is 11.8 Å². The lowest BCUT2D eigenvalue weighted by Crippen LogP contribution is -2.37. The van der Waals surface area contributed by atoms with E-state index in [1.54, 1.807) is 0 Å². The van der Waals surface area contributed by atoms with Gasteiger partial charge in [-0.15, -0.1) is 0 Å². The fourth-order valence-corrected chi connectivity index (χ4v) is 1.58. The summed E-state index contributed by atoms with van der Waals surface area (Å²) in [6.45, 7) is 2.19. The fraction of sp³-hybridized carbons (Fsp3) is 0.500. The highest BCUT2D eigenvalue weighted by atomic mass is 19.4. The van der Waals surface area contributed by atoms with Crippen LogP contribution in [-0.2, 0) is 15.8 Å². The molecule has 9 heteroatoms. The number of nitrogens with one attached hydrogen (secondary N) is 2. The molecule has 0 unspecified atom stereocenters. The molecule has 0 aliphatic carbocycles. The van der Waals surface area contributed by atoms with Crippen LogP contribution < -0.4 is 10.6 Å². The Kier molecular flexibility index (Phi) is 6.80. The third-order valence-corrected chi connectivity index (χ3v) is 2.99. The lowest BCUT2D eigenvalue weighted by atomic mass is 10.3. The van der Waals surface area contributed by atoms with Gasteiger partial charge in [-0.25, -0.2) is 4.98 Å². The first-order valence-corrected chi connectivity index (χ1v) is 6.95. The summed E-state index contributed by atoms with van der Waals surface area (Å²) in [6, 6.07) is 2.21. The number of amides is 2. The van der Waals surface area contributed by atoms with Crippen molar-refractivity contribution in [3.63, 3.8) is 0 Å². The Labute approximate surface area is 132 Å². The van der Waals surface area contributed by atoms with E-state index in [-0.39, 0.29) is 18.4 Å². The number of aromatic nitrogens is 1. The largest absolute Gasteiger partial charge is 0.417 e. The van der Waals surface area contributed by atoms with E-state index in [9.17, 15) is 22.8 Å². The van der Waals surface area contributed by atoms with E-state index in [0.717, 1.165) is 12.3 Å². The highest BCUT2D eigenvalue weighted by Gasteiger charge is 2.30. The van der Waals surface area contributed by atoms with E-state index >= 15 is 0 Å². The number of halogens is 3. The maximum atomic E-state index is 12.4. The number of anilines is 1. The number of nitrogens with zero attached hydrogens (tertiary/aromatic N) is 2. The van der Waals surface area contributed by atoms with E-state index in [2.05, 4.69) is 15.6 Å². The monoisotopic (exact) mass is 332 g/mol. The Morgan fingerprint density at radius 2 is 1.96 bits per heavy atom. The highest BCUT2D eigenvalue weighted by Crippen LogP contribution is 2.28. The highest BCUT2D eigenvalue weighted by molar-refractivity contribution is 5.83. The van der Waals surface area contributed by atoms with Gasteiger partial charge in [-0.3, -0.25) is 9.59 Å². The third kappa shape index (κ3) is 6.98. The van der Waals surface area contributed by atoms with Gasteiger partial charge in [-0.1, -0.05) is 0 Å². The van der Waals surface area contributed by atoms with Gasteiger partial charge in [-0.2, -0.15) is 13.2 Å². The zero-order valence-electron chi connectivity index (χ0n) is 12.9. The minimum Gasteiger partial charge on any atom is -0.370 e. The molecule has 6 nitrogen and oxygen atoms in total. The number of hydrogen-bond donors (Lipinski definition) is 2. The van der Waals surface area contributed by atoms with Crippen LogP contribution in [0.4, 0.5) is 19.0 Å². The van der Waals surface area contributed by atoms with Gasteiger partial charge in [0, 0.05) is 33.3 Å². The molecule has 0 saturated carbocycles. The summed E-state index contributed by atoms with van der Waals surface area (Å²) >= 11 is 0. The van der Waals surface area contributed by atoms with E-state index < -0.39 is 11.7 Å². The summed E-state index contributed by atoms with van der Waals surface area (Å²) in [5.41, 5.74) is -0.801. The SMILES string of the molecule is CC(=O)N(C)CC(=O)NCCCNc1ccc(C(F)(F)F)cn1. The van der Waals surface area contributed by atoms with Gasteiger partial charge >= 0.3 is 6.18 Å². The Hall–Kier alpha value is -2.32. The van der Waals surface area contributed by atoms with Crippen LogP contribution in [0.15, 0.2) is 18.3 Å². The van der Waals surface area contributed by atoms with Crippen LogP contribution >= 0.6 is 0 Å². The molecule has 0 radical (unpaired) electrons. The fourth-order valence-electron chi connectivity index (χ4n) is 1.58. The Bertz CT molecular complexity index is 532. The predicted molar refractivity (Wildman–Crippen MR) is 78.7 cm³/mol.